The van der Waals surface area contributed by atoms with Crippen molar-refractivity contribution >= 4 is 5.69 Å². The van der Waals surface area contributed by atoms with Crippen LogP contribution in [-0.4, -0.2) is 30.6 Å². The third kappa shape index (κ3) is 3.47. The van der Waals surface area contributed by atoms with Gasteiger partial charge in [-0.2, -0.15) is 0 Å². The highest BCUT2D eigenvalue weighted by atomic mass is 15.2. The van der Waals surface area contributed by atoms with Crippen LogP contribution in [0.15, 0.2) is 30.3 Å². The van der Waals surface area contributed by atoms with Crippen LogP contribution in [0.5, 0.6) is 0 Å². The van der Waals surface area contributed by atoms with Gasteiger partial charge in [-0.25, -0.2) is 0 Å². The van der Waals surface area contributed by atoms with Gasteiger partial charge in [0.15, 0.2) is 0 Å². The predicted molar refractivity (Wildman–Crippen MR) is 74.4 cm³/mol. The summed E-state index contributed by atoms with van der Waals surface area (Å²) in [7, 11) is 0. The standard InChI is InChI=1S/C15H24N2/c1-3-14-9-10-17(12-14)13(2)11-16-15-7-5-4-6-8-15/h4-8,13-14,16H,3,9-12H2,1-2H3. The van der Waals surface area contributed by atoms with Gasteiger partial charge in [0.2, 0.25) is 0 Å². The van der Waals surface area contributed by atoms with Gasteiger partial charge in [-0.1, -0.05) is 31.5 Å². The summed E-state index contributed by atoms with van der Waals surface area (Å²) >= 11 is 0. The molecule has 1 N–H and O–H groups in total. The first-order valence-corrected chi connectivity index (χ1v) is 6.82. The second kappa shape index (κ2) is 6.06. The minimum Gasteiger partial charge on any atom is -0.383 e. The van der Waals surface area contributed by atoms with Crippen molar-refractivity contribution in [3.63, 3.8) is 0 Å². The molecule has 0 amide bonds. The molecule has 0 spiro atoms. The third-order valence-corrected chi connectivity index (χ3v) is 3.89. The number of benzene rings is 1. The van der Waals surface area contributed by atoms with E-state index in [1.165, 1.54) is 31.6 Å². The van der Waals surface area contributed by atoms with Crippen LogP contribution < -0.4 is 5.32 Å². The first kappa shape index (κ1) is 12.4. The lowest BCUT2D eigenvalue weighted by molar-refractivity contribution is 0.257. The maximum atomic E-state index is 3.51. The minimum absolute atomic E-state index is 0.631. The lowest BCUT2D eigenvalue weighted by Crippen LogP contribution is -2.36. The third-order valence-electron chi connectivity index (χ3n) is 3.89. The number of likely N-dealkylation sites (tertiary alicyclic amines) is 1. The Labute approximate surface area is 105 Å². The van der Waals surface area contributed by atoms with Crippen molar-refractivity contribution in [1.29, 1.82) is 0 Å². The Morgan fingerprint density at radius 1 is 1.35 bits per heavy atom. The van der Waals surface area contributed by atoms with E-state index in [9.17, 15) is 0 Å². The molecule has 0 aliphatic carbocycles. The van der Waals surface area contributed by atoms with Gasteiger partial charge in [-0.05, 0) is 37.9 Å². The van der Waals surface area contributed by atoms with Gasteiger partial charge < -0.3 is 5.32 Å². The normalized spacial score (nSPS) is 22.6. The summed E-state index contributed by atoms with van der Waals surface area (Å²) in [6.45, 7) is 8.24. The molecule has 2 atom stereocenters. The van der Waals surface area contributed by atoms with E-state index in [0.29, 0.717) is 6.04 Å². The van der Waals surface area contributed by atoms with E-state index in [1.54, 1.807) is 0 Å². The number of hydrogen-bond acceptors (Lipinski definition) is 2. The van der Waals surface area contributed by atoms with E-state index in [-0.39, 0.29) is 0 Å². The van der Waals surface area contributed by atoms with Crippen molar-refractivity contribution in [2.24, 2.45) is 5.92 Å². The molecule has 94 valence electrons. The van der Waals surface area contributed by atoms with Crippen molar-refractivity contribution in [3.8, 4) is 0 Å². The summed E-state index contributed by atoms with van der Waals surface area (Å²) in [4.78, 5) is 2.62. The van der Waals surface area contributed by atoms with Crippen LogP contribution in [0.3, 0.4) is 0 Å². The second-order valence-electron chi connectivity index (χ2n) is 5.15. The fourth-order valence-electron chi connectivity index (χ4n) is 2.55. The SMILES string of the molecule is CCC1CCN(C(C)CNc2ccccc2)C1. The maximum Gasteiger partial charge on any atom is 0.0340 e. The lowest BCUT2D eigenvalue weighted by atomic mass is 10.1. The molecule has 0 bridgehead atoms. The summed E-state index contributed by atoms with van der Waals surface area (Å²) in [5.41, 5.74) is 1.23. The van der Waals surface area contributed by atoms with Crippen LogP contribution in [0.1, 0.15) is 26.7 Å². The van der Waals surface area contributed by atoms with E-state index in [0.717, 1.165) is 12.5 Å². The number of nitrogens with one attached hydrogen (secondary N) is 1. The Hall–Kier alpha value is -1.02. The van der Waals surface area contributed by atoms with Gasteiger partial charge in [-0.3, -0.25) is 4.90 Å². The van der Waals surface area contributed by atoms with Crippen LogP contribution in [0.25, 0.3) is 0 Å². The largest absolute Gasteiger partial charge is 0.383 e. The highest BCUT2D eigenvalue weighted by Crippen LogP contribution is 2.21. The van der Waals surface area contributed by atoms with Gasteiger partial charge in [0.25, 0.3) is 0 Å². The first-order chi connectivity index (χ1) is 8.29. The van der Waals surface area contributed by atoms with Crippen molar-refractivity contribution in [3.05, 3.63) is 30.3 Å². The summed E-state index contributed by atoms with van der Waals surface area (Å²) in [5, 5.41) is 3.51. The Balaban J connectivity index is 1.76. The Bertz CT molecular complexity index is 323. The molecule has 1 heterocycles. The average Bonchev–Trinajstić information content (AvgIpc) is 2.86. The van der Waals surface area contributed by atoms with Crippen LogP contribution in [0.2, 0.25) is 0 Å². The van der Waals surface area contributed by atoms with Gasteiger partial charge in [0.1, 0.15) is 0 Å². The summed E-state index contributed by atoms with van der Waals surface area (Å²) in [6.07, 6.45) is 2.71. The van der Waals surface area contributed by atoms with Crippen LogP contribution >= 0.6 is 0 Å². The number of para-hydroxylation sites is 1. The first-order valence-electron chi connectivity index (χ1n) is 6.82. The van der Waals surface area contributed by atoms with E-state index >= 15 is 0 Å². The molecule has 1 aromatic rings. The molecule has 1 fully saturated rings. The second-order valence-corrected chi connectivity index (χ2v) is 5.15. The lowest BCUT2D eigenvalue weighted by Gasteiger charge is -2.25. The molecule has 2 heteroatoms. The highest BCUT2D eigenvalue weighted by molar-refractivity contribution is 5.42. The zero-order chi connectivity index (χ0) is 12.1. The molecule has 17 heavy (non-hydrogen) atoms. The summed E-state index contributed by atoms with van der Waals surface area (Å²) < 4.78 is 0. The number of anilines is 1. The topological polar surface area (TPSA) is 15.3 Å². The van der Waals surface area contributed by atoms with Gasteiger partial charge in [0, 0.05) is 24.8 Å². The number of rotatable bonds is 5. The van der Waals surface area contributed by atoms with Crippen LogP contribution in [-0.2, 0) is 0 Å². The molecule has 0 aromatic heterocycles. The fraction of sp³-hybridized carbons (Fsp3) is 0.600. The molecule has 2 unspecified atom stereocenters. The van der Waals surface area contributed by atoms with Crippen molar-refractivity contribution < 1.29 is 0 Å². The highest BCUT2D eigenvalue weighted by Gasteiger charge is 2.24. The Morgan fingerprint density at radius 2 is 2.12 bits per heavy atom. The summed E-state index contributed by atoms with van der Waals surface area (Å²) in [6, 6.07) is 11.1. The fourth-order valence-corrected chi connectivity index (χ4v) is 2.55. The smallest absolute Gasteiger partial charge is 0.0340 e. The van der Waals surface area contributed by atoms with Crippen LogP contribution in [0.4, 0.5) is 5.69 Å². The molecule has 0 saturated carbocycles. The maximum absolute atomic E-state index is 3.51. The minimum atomic E-state index is 0.631. The van der Waals surface area contributed by atoms with Gasteiger partial charge in [-0.15, -0.1) is 0 Å². The zero-order valence-corrected chi connectivity index (χ0v) is 11.0. The van der Waals surface area contributed by atoms with E-state index < -0.39 is 0 Å². The number of nitrogens with zero attached hydrogens (tertiary/aromatic N) is 1. The summed E-state index contributed by atoms with van der Waals surface area (Å²) in [5.74, 6) is 0.925. The van der Waals surface area contributed by atoms with Gasteiger partial charge in [0.05, 0.1) is 0 Å². The average molecular weight is 232 g/mol. The Morgan fingerprint density at radius 3 is 2.76 bits per heavy atom. The van der Waals surface area contributed by atoms with E-state index in [2.05, 4.69) is 54.4 Å². The monoisotopic (exact) mass is 232 g/mol. The van der Waals surface area contributed by atoms with E-state index in [4.69, 9.17) is 0 Å². The number of hydrogen-bond donors (Lipinski definition) is 1. The molecule has 1 saturated heterocycles. The predicted octanol–water partition coefficient (Wildman–Crippen LogP) is 3.22. The van der Waals surface area contributed by atoms with Crippen molar-refractivity contribution in [2.75, 3.05) is 25.0 Å². The molecular weight excluding hydrogens is 208 g/mol. The molecular formula is C15H24N2. The van der Waals surface area contributed by atoms with Crippen molar-refractivity contribution in [1.82, 2.24) is 4.90 Å². The zero-order valence-electron chi connectivity index (χ0n) is 11.0. The van der Waals surface area contributed by atoms with E-state index in [1.807, 2.05) is 0 Å². The Kier molecular flexibility index (Phi) is 4.43. The molecule has 2 nitrogen and oxygen atoms in total. The van der Waals surface area contributed by atoms with Crippen LogP contribution in [0, 0.1) is 5.92 Å². The quantitative estimate of drug-likeness (QED) is 0.838. The molecule has 2 rings (SSSR count). The molecule has 1 aliphatic rings. The van der Waals surface area contributed by atoms with Crippen molar-refractivity contribution in [2.45, 2.75) is 32.7 Å². The molecule has 1 aliphatic heterocycles. The van der Waals surface area contributed by atoms with Gasteiger partial charge >= 0.3 is 0 Å². The molecule has 0 radical (unpaired) electrons. The molecule has 1 aromatic carbocycles.